The Morgan fingerprint density at radius 2 is 1.39 bits per heavy atom. The van der Waals surface area contributed by atoms with E-state index in [1.807, 2.05) is 31.2 Å². The van der Waals surface area contributed by atoms with Crippen molar-refractivity contribution in [2.45, 2.75) is 26.4 Å². The van der Waals surface area contributed by atoms with Crippen molar-refractivity contribution < 1.29 is 14.0 Å². The van der Waals surface area contributed by atoms with Gasteiger partial charge in [0.2, 0.25) is 11.8 Å². The molecule has 0 aliphatic heterocycles. The fraction of sp³-hybridized carbons (Fsp3) is 0.222. The maximum atomic E-state index is 13.4. The Kier molecular flexibility index (Phi) is 5.86. The Balaban J connectivity index is 1.76. The maximum Gasteiger partial charge on any atom is 0.229 e. The van der Waals surface area contributed by atoms with Gasteiger partial charge in [-0.3, -0.25) is 9.59 Å². The van der Waals surface area contributed by atoms with Gasteiger partial charge in [-0.1, -0.05) is 42.5 Å². The molecule has 2 N–H and O–H groups in total. The third kappa shape index (κ3) is 5.21. The number of nitrogens with one attached hydrogen (secondary N) is 2. The molecule has 2 amide bonds. The number of carbonyl (C=O) groups is 2. The molecule has 0 heterocycles. The summed E-state index contributed by atoms with van der Waals surface area (Å²) < 4.78 is 13.4. The molecule has 2 aromatic carbocycles. The average molecular weight is 314 g/mol. The Labute approximate surface area is 134 Å². The lowest BCUT2D eigenvalue weighted by Gasteiger charge is -2.09. The molecule has 0 unspecified atom stereocenters. The van der Waals surface area contributed by atoms with E-state index in [4.69, 9.17) is 0 Å². The minimum atomic E-state index is -0.435. The topological polar surface area (TPSA) is 58.2 Å². The molecule has 0 aromatic heterocycles. The van der Waals surface area contributed by atoms with Crippen LogP contribution >= 0.6 is 0 Å². The SMILES string of the molecule is Cc1ccccc1CNC(=O)CC(=O)NCc1ccccc1F. The average Bonchev–Trinajstić information content (AvgIpc) is 2.53. The standard InChI is InChI=1S/C18H19FN2O2/c1-13-6-2-3-7-14(13)11-20-17(22)10-18(23)21-12-15-8-4-5-9-16(15)19/h2-9H,10-12H2,1H3,(H,20,22)(H,21,23). The molecule has 0 bridgehead atoms. The summed E-state index contributed by atoms with van der Waals surface area (Å²) in [7, 11) is 0. The molecule has 0 spiro atoms. The number of carbonyl (C=O) groups excluding carboxylic acids is 2. The first-order valence-electron chi connectivity index (χ1n) is 7.37. The van der Waals surface area contributed by atoms with Gasteiger partial charge in [0, 0.05) is 18.7 Å². The Morgan fingerprint density at radius 1 is 0.870 bits per heavy atom. The zero-order valence-electron chi connectivity index (χ0n) is 12.9. The van der Waals surface area contributed by atoms with Crippen LogP contribution in [0.25, 0.3) is 0 Å². The van der Waals surface area contributed by atoms with Gasteiger partial charge in [0.25, 0.3) is 0 Å². The highest BCUT2D eigenvalue weighted by atomic mass is 19.1. The van der Waals surface area contributed by atoms with Crippen LogP contribution in [-0.4, -0.2) is 11.8 Å². The van der Waals surface area contributed by atoms with Crippen LogP contribution < -0.4 is 10.6 Å². The monoisotopic (exact) mass is 314 g/mol. The lowest BCUT2D eigenvalue weighted by atomic mass is 10.1. The van der Waals surface area contributed by atoms with E-state index in [1.165, 1.54) is 6.07 Å². The highest BCUT2D eigenvalue weighted by Gasteiger charge is 2.10. The molecule has 0 fully saturated rings. The van der Waals surface area contributed by atoms with Crippen LogP contribution in [0.4, 0.5) is 4.39 Å². The van der Waals surface area contributed by atoms with Gasteiger partial charge in [-0.15, -0.1) is 0 Å². The molecule has 0 atom stereocenters. The van der Waals surface area contributed by atoms with Crippen molar-refractivity contribution in [2.24, 2.45) is 0 Å². The van der Waals surface area contributed by atoms with Gasteiger partial charge >= 0.3 is 0 Å². The number of hydrogen-bond donors (Lipinski definition) is 2. The Hall–Kier alpha value is -2.69. The summed E-state index contributed by atoms with van der Waals surface area (Å²) in [6, 6.07) is 13.9. The van der Waals surface area contributed by atoms with Crippen LogP contribution in [0.2, 0.25) is 0 Å². The van der Waals surface area contributed by atoms with Gasteiger partial charge in [-0.2, -0.15) is 0 Å². The molecule has 2 rings (SSSR count). The summed E-state index contributed by atoms with van der Waals surface area (Å²) in [4.78, 5) is 23.5. The molecule has 2 aromatic rings. The van der Waals surface area contributed by atoms with Crippen molar-refractivity contribution >= 4 is 11.8 Å². The second kappa shape index (κ2) is 8.08. The number of amides is 2. The van der Waals surface area contributed by atoms with Gasteiger partial charge < -0.3 is 10.6 Å². The largest absolute Gasteiger partial charge is 0.352 e. The first-order chi connectivity index (χ1) is 11.1. The van der Waals surface area contributed by atoms with E-state index in [2.05, 4.69) is 10.6 Å². The molecule has 0 radical (unpaired) electrons. The van der Waals surface area contributed by atoms with Gasteiger partial charge in [0.05, 0.1) is 0 Å². The van der Waals surface area contributed by atoms with Crippen LogP contribution in [0.1, 0.15) is 23.1 Å². The predicted octanol–water partition coefficient (Wildman–Crippen LogP) is 2.46. The molecule has 23 heavy (non-hydrogen) atoms. The predicted molar refractivity (Wildman–Crippen MR) is 85.9 cm³/mol. The number of aryl methyl sites for hydroxylation is 1. The highest BCUT2D eigenvalue weighted by molar-refractivity contribution is 5.96. The second-order valence-electron chi connectivity index (χ2n) is 5.25. The van der Waals surface area contributed by atoms with Gasteiger partial charge in [0.15, 0.2) is 0 Å². The van der Waals surface area contributed by atoms with E-state index in [1.54, 1.807) is 18.2 Å². The van der Waals surface area contributed by atoms with Crippen LogP contribution in [0.15, 0.2) is 48.5 Å². The summed E-state index contributed by atoms with van der Waals surface area (Å²) in [5.74, 6) is -1.17. The molecule has 0 saturated carbocycles. The van der Waals surface area contributed by atoms with Crippen molar-refractivity contribution in [3.05, 3.63) is 71.0 Å². The van der Waals surface area contributed by atoms with Crippen molar-refractivity contribution in [3.8, 4) is 0 Å². The molecular formula is C18H19FN2O2. The zero-order valence-corrected chi connectivity index (χ0v) is 12.9. The normalized spacial score (nSPS) is 10.2. The van der Waals surface area contributed by atoms with Crippen molar-refractivity contribution in [3.63, 3.8) is 0 Å². The molecular weight excluding hydrogens is 295 g/mol. The Morgan fingerprint density at radius 3 is 2.00 bits per heavy atom. The maximum absolute atomic E-state index is 13.4. The number of hydrogen-bond acceptors (Lipinski definition) is 2. The van der Waals surface area contributed by atoms with Crippen LogP contribution in [0, 0.1) is 12.7 Å². The third-order valence-electron chi connectivity index (χ3n) is 3.49. The Bertz CT molecular complexity index is 641. The van der Waals surface area contributed by atoms with Gasteiger partial charge in [-0.05, 0) is 24.1 Å². The summed E-state index contributed by atoms with van der Waals surface area (Å²) >= 11 is 0. The fourth-order valence-electron chi connectivity index (χ4n) is 2.11. The van der Waals surface area contributed by atoms with Crippen LogP contribution in [0.5, 0.6) is 0 Å². The zero-order chi connectivity index (χ0) is 16.7. The highest BCUT2D eigenvalue weighted by Crippen LogP contribution is 2.07. The summed E-state index contributed by atoms with van der Waals surface area (Å²) in [5.41, 5.74) is 2.48. The smallest absolute Gasteiger partial charge is 0.229 e. The van der Waals surface area contributed by atoms with Gasteiger partial charge in [0.1, 0.15) is 12.2 Å². The second-order valence-corrected chi connectivity index (χ2v) is 5.25. The minimum absolute atomic E-state index is 0.0661. The summed E-state index contributed by atoms with van der Waals surface area (Å²) in [6.45, 7) is 2.41. The molecule has 4 nitrogen and oxygen atoms in total. The first-order valence-corrected chi connectivity index (χ1v) is 7.37. The third-order valence-corrected chi connectivity index (χ3v) is 3.49. The van der Waals surface area contributed by atoms with E-state index in [0.29, 0.717) is 12.1 Å². The molecule has 120 valence electrons. The van der Waals surface area contributed by atoms with E-state index in [-0.39, 0.29) is 24.7 Å². The molecule has 0 aliphatic rings. The van der Waals surface area contributed by atoms with Crippen LogP contribution in [-0.2, 0) is 22.7 Å². The van der Waals surface area contributed by atoms with E-state index >= 15 is 0 Å². The van der Waals surface area contributed by atoms with Crippen molar-refractivity contribution in [1.29, 1.82) is 0 Å². The summed E-state index contributed by atoms with van der Waals surface area (Å²) in [6.07, 6.45) is -0.277. The van der Waals surface area contributed by atoms with E-state index < -0.39 is 5.91 Å². The first kappa shape index (κ1) is 16.7. The fourth-order valence-corrected chi connectivity index (χ4v) is 2.11. The molecule has 0 aliphatic carbocycles. The lowest BCUT2D eigenvalue weighted by molar-refractivity contribution is -0.129. The lowest BCUT2D eigenvalue weighted by Crippen LogP contribution is -2.31. The number of benzene rings is 2. The molecule has 5 heteroatoms. The summed E-state index contributed by atoms with van der Waals surface area (Å²) in [5, 5.41) is 5.25. The van der Waals surface area contributed by atoms with E-state index in [9.17, 15) is 14.0 Å². The number of rotatable bonds is 6. The van der Waals surface area contributed by atoms with E-state index in [0.717, 1.165) is 11.1 Å². The molecule has 0 saturated heterocycles. The van der Waals surface area contributed by atoms with Crippen LogP contribution in [0.3, 0.4) is 0 Å². The quantitative estimate of drug-likeness (QED) is 0.805. The number of halogens is 1. The van der Waals surface area contributed by atoms with Crippen molar-refractivity contribution in [2.75, 3.05) is 0 Å². The van der Waals surface area contributed by atoms with Crippen molar-refractivity contribution in [1.82, 2.24) is 10.6 Å². The van der Waals surface area contributed by atoms with Gasteiger partial charge in [-0.25, -0.2) is 4.39 Å². The minimum Gasteiger partial charge on any atom is -0.352 e.